The van der Waals surface area contributed by atoms with Crippen molar-refractivity contribution in [1.82, 2.24) is 4.72 Å². The summed E-state index contributed by atoms with van der Waals surface area (Å²) in [5, 5.41) is 0. The Morgan fingerprint density at radius 2 is 1.95 bits per heavy atom. The van der Waals surface area contributed by atoms with Crippen molar-refractivity contribution >= 4 is 11.4 Å². The van der Waals surface area contributed by atoms with Crippen molar-refractivity contribution in [1.29, 1.82) is 0 Å². The largest absolute Gasteiger partial charge is 0.598 e. The molecule has 0 unspecified atom stereocenters. The first-order chi connectivity index (χ1) is 8.89. The molecule has 0 aliphatic carbocycles. The molecule has 1 aromatic rings. The van der Waals surface area contributed by atoms with Gasteiger partial charge in [-0.25, -0.2) is 0 Å². The zero-order valence-corrected chi connectivity index (χ0v) is 12.7. The predicted molar refractivity (Wildman–Crippen MR) is 76.9 cm³/mol. The first-order valence-corrected chi connectivity index (χ1v) is 7.61. The van der Waals surface area contributed by atoms with Gasteiger partial charge in [0.25, 0.3) is 0 Å². The molecule has 1 N–H and O–H groups in total. The minimum absolute atomic E-state index is 0.0586. The van der Waals surface area contributed by atoms with Gasteiger partial charge in [-0.15, -0.1) is 4.72 Å². The second-order valence-corrected chi connectivity index (χ2v) is 7.59. The van der Waals surface area contributed by atoms with Crippen LogP contribution in [0.2, 0.25) is 0 Å². The molecule has 2 rings (SSSR count). The van der Waals surface area contributed by atoms with Gasteiger partial charge in [0.05, 0.1) is 6.04 Å². The van der Waals surface area contributed by atoms with E-state index in [-0.39, 0.29) is 10.8 Å². The number of fused-ring (bicyclic) bond motifs is 1. The van der Waals surface area contributed by atoms with Crippen molar-refractivity contribution in [2.75, 3.05) is 13.2 Å². The third-order valence-corrected chi connectivity index (χ3v) is 4.58. The Morgan fingerprint density at radius 3 is 2.63 bits per heavy atom. The first-order valence-electron chi connectivity index (χ1n) is 6.46. The SMILES string of the molecule is C[C@@H](N[S@+]([O-])C(C)(C)C)c1cccc2c1OCCO2. The molecule has 0 radical (unpaired) electrons. The summed E-state index contributed by atoms with van der Waals surface area (Å²) in [6.07, 6.45) is 0. The van der Waals surface area contributed by atoms with Gasteiger partial charge in [0.1, 0.15) is 18.0 Å². The van der Waals surface area contributed by atoms with Gasteiger partial charge in [0.2, 0.25) is 0 Å². The van der Waals surface area contributed by atoms with E-state index in [9.17, 15) is 4.55 Å². The van der Waals surface area contributed by atoms with Crippen molar-refractivity contribution in [3.63, 3.8) is 0 Å². The van der Waals surface area contributed by atoms with Gasteiger partial charge in [0, 0.05) is 16.9 Å². The fraction of sp³-hybridized carbons (Fsp3) is 0.571. The molecule has 0 saturated carbocycles. The fourth-order valence-corrected chi connectivity index (χ4v) is 2.64. The molecule has 1 aromatic carbocycles. The van der Waals surface area contributed by atoms with E-state index >= 15 is 0 Å². The highest BCUT2D eigenvalue weighted by Gasteiger charge is 2.30. The molecule has 0 aromatic heterocycles. The van der Waals surface area contributed by atoms with Crippen LogP contribution in [0.5, 0.6) is 11.5 Å². The average Bonchev–Trinajstić information content (AvgIpc) is 2.36. The van der Waals surface area contributed by atoms with Crippen LogP contribution in [0.1, 0.15) is 39.3 Å². The molecule has 0 bridgehead atoms. The smallest absolute Gasteiger partial charge is 0.166 e. The molecule has 0 saturated heterocycles. The molecule has 0 amide bonds. The lowest BCUT2D eigenvalue weighted by atomic mass is 10.1. The molecule has 0 fully saturated rings. The number of rotatable bonds is 3. The van der Waals surface area contributed by atoms with E-state index in [0.29, 0.717) is 13.2 Å². The molecule has 1 aliphatic rings. The van der Waals surface area contributed by atoms with Crippen molar-refractivity contribution in [2.45, 2.75) is 38.5 Å². The summed E-state index contributed by atoms with van der Waals surface area (Å²) >= 11 is -1.12. The summed E-state index contributed by atoms with van der Waals surface area (Å²) < 4.78 is 26.2. The summed E-state index contributed by atoms with van der Waals surface area (Å²) in [5.74, 6) is 1.53. The molecule has 0 spiro atoms. The van der Waals surface area contributed by atoms with E-state index in [2.05, 4.69) is 4.72 Å². The van der Waals surface area contributed by atoms with E-state index in [1.54, 1.807) is 0 Å². The van der Waals surface area contributed by atoms with Crippen LogP contribution in [0.3, 0.4) is 0 Å². The van der Waals surface area contributed by atoms with Crippen LogP contribution >= 0.6 is 0 Å². The van der Waals surface area contributed by atoms with Crippen LogP contribution in [0.15, 0.2) is 18.2 Å². The van der Waals surface area contributed by atoms with Gasteiger partial charge < -0.3 is 14.0 Å². The summed E-state index contributed by atoms with van der Waals surface area (Å²) in [4.78, 5) is 0. The van der Waals surface area contributed by atoms with Gasteiger partial charge in [-0.2, -0.15) is 0 Å². The third kappa shape index (κ3) is 3.35. The van der Waals surface area contributed by atoms with E-state index < -0.39 is 11.4 Å². The van der Waals surface area contributed by atoms with Crippen molar-refractivity contribution in [2.24, 2.45) is 0 Å². The molecule has 106 valence electrons. The standard InChI is InChI=1S/C14H21NO3S/c1-10(15-19(16)14(2,3)4)11-6-5-7-12-13(11)18-9-8-17-12/h5-7,10,15H,8-9H2,1-4H3/t10-,19-/m1/s1. The average molecular weight is 283 g/mol. The van der Waals surface area contributed by atoms with Crippen LogP contribution in [0.4, 0.5) is 0 Å². The maximum Gasteiger partial charge on any atom is 0.166 e. The lowest BCUT2D eigenvalue weighted by molar-refractivity contribution is 0.169. The molecule has 19 heavy (non-hydrogen) atoms. The highest BCUT2D eigenvalue weighted by atomic mass is 32.2. The maximum absolute atomic E-state index is 12.1. The van der Waals surface area contributed by atoms with Crippen molar-refractivity contribution in [3.8, 4) is 11.5 Å². The quantitative estimate of drug-likeness (QED) is 0.866. The first kappa shape index (κ1) is 14.5. The Balaban J connectivity index is 2.18. The summed E-state index contributed by atoms with van der Waals surface area (Å²) in [6.45, 7) is 8.96. The van der Waals surface area contributed by atoms with Gasteiger partial charge >= 0.3 is 0 Å². The molecule has 5 heteroatoms. The topological polar surface area (TPSA) is 53.5 Å². The Labute approximate surface area is 117 Å². The highest BCUT2D eigenvalue weighted by molar-refractivity contribution is 7.90. The molecule has 4 nitrogen and oxygen atoms in total. The summed E-state index contributed by atoms with van der Waals surface area (Å²) in [7, 11) is 0. The number of hydrogen-bond acceptors (Lipinski definition) is 4. The number of ether oxygens (including phenoxy) is 2. The van der Waals surface area contributed by atoms with Crippen molar-refractivity contribution in [3.05, 3.63) is 23.8 Å². The summed E-state index contributed by atoms with van der Waals surface area (Å²) in [6, 6.07) is 5.74. The molecule has 1 aliphatic heterocycles. The van der Waals surface area contributed by atoms with E-state index in [0.717, 1.165) is 17.1 Å². The number of para-hydroxylation sites is 1. The Hall–Kier alpha value is -0.910. The normalized spacial score (nSPS) is 17.9. The highest BCUT2D eigenvalue weighted by Crippen LogP contribution is 2.37. The van der Waals surface area contributed by atoms with Gasteiger partial charge in [-0.3, -0.25) is 0 Å². The third-order valence-electron chi connectivity index (χ3n) is 2.90. The number of benzene rings is 1. The lowest BCUT2D eigenvalue weighted by Gasteiger charge is -2.28. The van der Waals surface area contributed by atoms with E-state index in [1.807, 2.05) is 45.9 Å². The molecular formula is C14H21NO3S. The van der Waals surface area contributed by atoms with Crippen molar-refractivity contribution < 1.29 is 14.0 Å². The monoisotopic (exact) mass is 283 g/mol. The Morgan fingerprint density at radius 1 is 1.26 bits per heavy atom. The summed E-state index contributed by atoms with van der Waals surface area (Å²) in [5.41, 5.74) is 0.981. The Kier molecular flexibility index (Phi) is 4.28. The minimum atomic E-state index is -1.12. The zero-order chi connectivity index (χ0) is 14.0. The molecular weight excluding hydrogens is 262 g/mol. The van der Waals surface area contributed by atoms with Gasteiger partial charge in [-0.1, -0.05) is 12.1 Å². The van der Waals surface area contributed by atoms with E-state index in [4.69, 9.17) is 9.47 Å². The zero-order valence-electron chi connectivity index (χ0n) is 11.9. The number of hydrogen-bond donors (Lipinski definition) is 1. The van der Waals surface area contributed by atoms with Crippen LogP contribution in [0.25, 0.3) is 0 Å². The Bertz CT molecular complexity index is 445. The fourth-order valence-electron chi connectivity index (χ4n) is 1.84. The predicted octanol–water partition coefficient (Wildman–Crippen LogP) is 2.57. The lowest BCUT2D eigenvalue weighted by Crippen LogP contribution is -2.40. The van der Waals surface area contributed by atoms with Gasteiger partial charge in [0.15, 0.2) is 11.5 Å². The molecule has 1 heterocycles. The van der Waals surface area contributed by atoms with Crippen LogP contribution in [0, 0.1) is 0 Å². The van der Waals surface area contributed by atoms with Crippen LogP contribution < -0.4 is 14.2 Å². The van der Waals surface area contributed by atoms with Gasteiger partial charge in [-0.05, 0) is 33.8 Å². The molecule has 2 atom stereocenters. The second-order valence-electron chi connectivity index (χ2n) is 5.59. The maximum atomic E-state index is 12.1. The van der Waals surface area contributed by atoms with Crippen LogP contribution in [-0.4, -0.2) is 22.5 Å². The minimum Gasteiger partial charge on any atom is -0.598 e. The van der Waals surface area contributed by atoms with Crippen LogP contribution in [-0.2, 0) is 11.4 Å². The number of nitrogens with one attached hydrogen (secondary N) is 1. The van der Waals surface area contributed by atoms with E-state index in [1.165, 1.54) is 0 Å². The second kappa shape index (κ2) is 5.61.